The molecular weight excluding hydrogens is 568 g/mol. The predicted molar refractivity (Wildman–Crippen MR) is 159 cm³/mol. The molecule has 0 saturated carbocycles. The minimum absolute atomic E-state index is 0.0224. The van der Waals surface area contributed by atoms with Gasteiger partial charge in [-0.05, 0) is 59.4 Å². The second-order valence-electron chi connectivity index (χ2n) is 11.9. The van der Waals surface area contributed by atoms with Crippen molar-refractivity contribution < 1.29 is 23.8 Å². The molecule has 1 spiro atoms. The molecule has 3 aromatic carbocycles. The highest BCUT2D eigenvalue weighted by atomic mass is 35.5. The molecule has 41 heavy (non-hydrogen) atoms. The number of benzene rings is 3. The Kier molecular flexibility index (Phi) is 7.70. The fourth-order valence-corrected chi connectivity index (χ4v) is 6.76. The Balaban J connectivity index is 1.66. The van der Waals surface area contributed by atoms with Crippen molar-refractivity contribution in [3.63, 3.8) is 0 Å². The van der Waals surface area contributed by atoms with Gasteiger partial charge in [-0.3, -0.25) is 4.79 Å². The van der Waals surface area contributed by atoms with E-state index in [2.05, 4.69) is 36.7 Å². The first kappa shape index (κ1) is 29.2. The van der Waals surface area contributed by atoms with Crippen LogP contribution < -0.4 is 20.7 Å². The number of carbonyl (C=O) groups is 2. The van der Waals surface area contributed by atoms with Crippen LogP contribution in [-0.2, 0) is 10.2 Å². The van der Waals surface area contributed by atoms with Crippen molar-refractivity contribution in [3.05, 3.63) is 87.2 Å². The van der Waals surface area contributed by atoms with Gasteiger partial charge in [0, 0.05) is 34.6 Å². The highest BCUT2D eigenvalue weighted by molar-refractivity contribution is 6.31. The molecule has 0 aliphatic carbocycles. The number of anilines is 2. The summed E-state index contributed by atoms with van der Waals surface area (Å²) in [5.74, 6) is -2.55. The van der Waals surface area contributed by atoms with E-state index in [4.69, 9.17) is 27.9 Å². The van der Waals surface area contributed by atoms with E-state index in [0.29, 0.717) is 29.2 Å². The number of carboxylic acid groups (broad SMARTS) is 1. The van der Waals surface area contributed by atoms with Gasteiger partial charge >= 0.3 is 5.97 Å². The second kappa shape index (κ2) is 10.8. The number of aromatic carboxylic acids is 1. The molecule has 4 atom stereocenters. The van der Waals surface area contributed by atoms with Crippen molar-refractivity contribution in [2.75, 3.05) is 24.3 Å². The van der Waals surface area contributed by atoms with Gasteiger partial charge in [0.15, 0.2) is 0 Å². The maximum absolute atomic E-state index is 15.9. The molecule has 0 radical (unpaired) electrons. The highest BCUT2D eigenvalue weighted by Gasteiger charge is 2.61. The molecule has 1 saturated heterocycles. The van der Waals surface area contributed by atoms with Crippen LogP contribution in [0.2, 0.25) is 10.0 Å². The fourth-order valence-electron chi connectivity index (χ4n) is 6.41. The van der Waals surface area contributed by atoms with Crippen molar-refractivity contribution in [2.45, 2.75) is 50.6 Å². The molecule has 4 N–H and O–H groups in total. The minimum atomic E-state index is -1.12. The van der Waals surface area contributed by atoms with Crippen LogP contribution in [0.1, 0.15) is 54.6 Å². The van der Waals surface area contributed by atoms with Crippen molar-refractivity contribution in [1.29, 1.82) is 0 Å². The van der Waals surface area contributed by atoms with Crippen LogP contribution in [0.5, 0.6) is 5.75 Å². The summed E-state index contributed by atoms with van der Waals surface area (Å²) in [5.41, 5.74) is 1.61. The zero-order valence-electron chi connectivity index (χ0n) is 23.1. The maximum atomic E-state index is 15.9. The Hall–Kier alpha value is -3.33. The normalized spacial score (nSPS) is 23.2. The number of hydrogen-bond donors (Lipinski definition) is 4. The Morgan fingerprint density at radius 3 is 2.59 bits per heavy atom. The quantitative estimate of drug-likeness (QED) is 0.251. The average molecular weight is 601 g/mol. The van der Waals surface area contributed by atoms with Crippen LogP contribution >= 0.6 is 23.2 Å². The SMILES string of the molecule is COc1cc(C(=O)O)ccc1NC(=O)[C@H]1N[C@H](CC(C)(C)C)[C@]2(CNc3cc(Cl)ccc32)[C@@H]1c1cccc(Cl)c1F. The third-order valence-electron chi connectivity index (χ3n) is 8.07. The average Bonchev–Trinajstić information content (AvgIpc) is 3.43. The topological polar surface area (TPSA) is 99.7 Å². The third-order valence-corrected chi connectivity index (χ3v) is 8.59. The second-order valence-corrected chi connectivity index (χ2v) is 12.7. The van der Waals surface area contributed by atoms with E-state index in [9.17, 15) is 14.7 Å². The van der Waals surface area contributed by atoms with Gasteiger partial charge in [0.05, 0.1) is 29.4 Å². The Morgan fingerprint density at radius 1 is 1.15 bits per heavy atom. The van der Waals surface area contributed by atoms with Gasteiger partial charge in [-0.1, -0.05) is 62.2 Å². The zero-order chi connectivity index (χ0) is 29.7. The summed E-state index contributed by atoms with van der Waals surface area (Å²) >= 11 is 12.6. The van der Waals surface area contributed by atoms with Gasteiger partial charge in [-0.25, -0.2) is 9.18 Å². The fraction of sp³-hybridized carbons (Fsp3) is 0.355. The van der Waals surface area contributed by atoms with Crippen LogP contribution in [0.4, 0.5) is 15.8 Å². The van der Waals surface area contributed by atoms with E-state index >= 15 is 4.39 Å². The lowest BCUT2D eigenvalue weighted by atomic mass is 9.63. The number of amides is 1. The van der Waals surface area contributed by atoms with Crippen LogP contribution in [0.3, 0.4) is 0 Å². The number of rotatable bonds is 6. The Labute approximate surface area is 248 Å². The van der Waals surface area contributed by atoms with Crippen molar-refractivity contribution in [3.8, 4) is 5.75 Å². The molecule has 0 aromatic heterocycles. The van der Waals surface area contributed by atoms with Crippen LogP contribution in [0, 0.1) is 11.2 Å². The van der Waals surface area contributed by atoms with Gasteiger partial charge < -0.3 is 25.8 Å². The molecule has 0 bridgehead atoms. The number of hydrogen-bond acceptors (Lipinski definition) is 5. The number of methoxy groups -OCH3 is 1. The molecule has 3 aromatic rings. The van der Waals surface area contributed by atoms with Crippen molar-refractivity contribution >= 4 is 46.5 Å². The van der Waals surface area contributed by atoms with Gasteiger partial charge in [-0.2, -0.15) is 0 Å². The molecule has 2 aliphatic heterocycles. The molecule has 7 nitrogen and oxygen atoms in total. The summed E-state index contributed by atoms with van der Waals surface area (Å²) in [6, 6.07) is 13.6. The first-order chi connectivity index (χ1) is 19.4. The van der Waals surface area contributed by atoms with E-state index in [1.165, 1.54) is 31.4 Å². The summed E-state index contributed by atoms with van der Waals surface area (Å²) < 4.78 is 21.3. The summed E-state index contributed by atoms with van der Waals surface area (Å²) in [7, 11) is 1.40. The van der Waals surface area contributed by atoms with Crippen LogP contribution in [0.15, 0.2) is 54.6 Å². The maximum Gasteiger partial charge on any atom is 0.335 e. The number of ether oxygens (including phenoxy) is 1. The largest absolute Gasteiger partial charge is 0.495 e. The number of nitrogens with one attached hydrogen (secondary N) is 3. The van der Waals surface area contributed by atoms with Gasteiger partial charge in [0.2, 0.25) is 5.91 Å². The first-order valence-electron chi connectivity index (χ1n) is 13.3. The van der Waals surface area contributed by atoms with Gasteiger partial charge in [0.1, 0.15) is 11.6 Å². The smallest absolute Gasteiger partial charge is 0.335 e. The van der Waals surface area contributed by atoms with E-state index in [0.717, 1.165) is 11.3 Å². The molecule has 5 rings (SSSR count). The number of fused-ring (bicyclic) bond motifs is 2. The zero-order valence-corrected chi connectivity index (χ0v) is 24.7. The molecule has 0 unspecified atom stereocenters. The van der Waals surface area contributed by atoms with Crippen LogP contribution in [-0.4, -0.2) is 42.7 Å². The lowest BCUT2D eigenvalue weighted by Gasteiger charge is -2.39. The van der Waals surface area contributed by atoms with Crippen molar-refractivity contribution in [2.24, 2.45) is 5.41 Å². The summed E-state index contributed by atoms with van der Waals surface area (Å²) in [6.45, 7) is 6.84. The standard InChI is InChI=1S/C31H32Cl2FN3O4/c1-30(2,3)14-24-31(15-35-22-13-17(32)9-10-19(22)31)25(18-6-5-7-20(33)26(18)34)27(37-24)28(38)36-21-11-8-16(29(39)40)12-23(21)41-4/h5-13,24-25,27,35,37H,14-15H2,1-4H3,(H,36,38)(H,39,40)/t24-,25-,27+,31-/m1/s1. The van der Waals surface area contributed by atoms with Gasteiger partial charge in [0.25, 0.3) is 0 Å². The highest BCUT2D eigenvalue weighted by Crippen LogP contribution is 2.56. The molecule has 1 amide bonds. The van der Waals surface area contributed by atoms with Crippen LogP contribution in [0.25, 0.3) is 0 Å². The molecule has 1 fully saturated rings. The lowest BCUT2D eigenvalue weighted by molar-refractivity contribution is -0.118. The minimum Gasteiger partial charge on any atom is -0.495 e. The molecule has 10 heteroatoms. The van der Waals surface area contributed by atoms with E-state index in [1.54, 1.807) is 12.1 Å². The number of carboxylic acids is 1. The van der Waals surface area contributed by atoms with E-state index in [1.807, 2.05) is 18.2 Å². The molecule has 216 valence electrons. The first-order valence-corrected chi connectivity index (χ1v) is 14.1. The molecule has 2 aliphatic rings. The monoisotopic (exact) mass is 599 g/mol. The summed E-state index contributed by atoms with van der Waals surface area (Å²) in [4.78, 5) is 25.6. The predicted octanol–water partition coefficient (Wildman–Crippen LogP) is 6.70. The summed E-state index contributed by atoms with van der Waals surface area (Å²) in [5, 5.41) is 19.9. The lowest BCUT2D eigenvalue weighted by Crippen LogP contribution is -2.46. The molecule has 2 heterocycles. The number of halogens is 3. The van der Waals surface area contributed by atoms with Gasteiger partial charge in [-0.15, -0.1) is 0 Å². The van der Waals surface area contributed by atoms with E-state index < -0.39 is 35.1 Å². The molecular formula is C31H32Cl2FN3O4. The Bertz CT molecular complexity index is 1530. The van der Waals surface area contributed by atoms with E-state index in [-0.39, 0.29) is 27.8 Å². The number of carbonyl (C=O) groups excluding carboxylic acids is 1. The third kappa shape index (κ3) is 5.25. The van der Waals surface area contributed by atoms with Crippen molar-refractivity contribution in [1.82, 2.24) is 5.32 Å². The summed E-state index contributed by atoms with van der Waals surface area (Å²) in [6.07, 6.45) is 0.690. The Morgan fingerprint density at radius 2 is 1.90 bits per heavy atom.